The van der Waals surface area contributed by atoms with Crippen molar-refractivity contribution in [2.24, 2.45) is 7.05 Å². The van der Waals surface area contributed by atoms with E-state index in [1.807, 2.05) is 18.2 Å². The molecule has 39 heavy (non-hydrogen) atoms. The molecule has 0 saturated carbocycles. The number of carboxylic acid groups (broad SMARTS) is 1. The lowest BCUT2D eigenvalue weighted by molar-refractivity contribution is -0.139. The van der Waals surface area contributed by atoms with Crippen LogP contribution < -0.4 is 21.5 Å². The predicted octanol–water partition coefficient (Wildman–Crippen LogP) is 2.45. The molecule has 0 amide bonds. The number of halogens is 1. The monoisotopic (exact) mass is 532 g/mol. The summed E-state index contributed by atoms with van der Waals surface area (Å²) in [4.78, 5) is 39.5. The summed E-state index contributed by atoms with van der Waals surface area (Å²) in [5, 5.41) is 14.3. The fourth-order valence-electron chi connectivity index (χ4n) is 4.92. The van der Waals surface area contributed by atoms with Crippen molar-refractivity contribution in [2.45, 2.75) is 19.0 Å². The molecule has 10 heteroatoms. The van der Waals surface area contributed by atoms with Crippen molar-refractivity contribution in [2.75, 3.05) is 31.2 Å². The molecule has 1 aromatic heterocycles. The number of anilines is 1. The number of fused-ring (bicyclic) bond motifs is 1. The van der Waals surface area contributed by atoms with Gasteiger partial charge in [-0.25, -0.2) is 13.8 Å². The molecule has 202 valence electrons. The maximum Gasteiger partial charge on any atom is 0.335 e. The second-order valence-corrected chi connectivity index (χ2v) is 9.52. The van der Waals surface area contributed by atoms with Gasteiger partial charge in [-0.15, -0.1) is 0 Å². The van der Waals surface area contributed by atoms with Gasteiger partial charge in [-0.3, -0.25) is 14.9 Å². The third kappa shape index (κ3) is 5.47. The van der Waals surface area contributed by atoms with Crippen LogP contribution in [0.3, 0.4) is 0 Å². The molecule has 9 nitrogen and oxygen atoms in total. The summed E-state index contributed by atoms with van der Waals surface area (Å²) < 4.78 is 22.7. The van der Waals surface area contributed by atoms with E-state index in [0.29, 0.717) is 42.9 Å². The number of carbonyl (C=O) groups is 1. The first-order chi connectivity index (χ1) is 18.8. The second kappa shape index (κ2) is 11.2. The van der Waals surface area contributed by atoms with Crippen LogP contribution >= 0.6 is 0 Å². The van der Waals surface area contributed by atoms with Gasteiger partial charge in [0.1, 0.15) is 11.9 Å². The largest absolute Gasteiger partial charge is 0.480 e. The maximum absolute atomic E-state index is 14.9. The Hall–Kier alpha value is -4.28. The van der Waals surface area contributed by atoms with Crippen LogP contribution in [0, 0.1) is 5.82 Å². The third-order valence-corrected chi connectivity index (χ3v) is 7.06. The number of nitrogens with zero attached hydrogens (tertiary/aromatic N) is 3. The summed E-state index contributed by atoms with van der Waals surface area (Å²) in [7, 11) is 1.57. The van der Waals surface area contributed by atoms with Gasteiger partial charge in [-0.05, 0) is 35.6 Å². The second-order valence-electron chi connectivity index (χ2n) is 9.52. The van der Waals surface area contributed by atoms with E-state index < -0.39 is 29.1 Å². The van der Waals surface area contributed by atoms with Crippen molar-refractivity contribution >= 4 is 22.4 Å². The topological polar surface area (TPSA) is 106 Å². The Morgan fingerprint density at radius 1 is 1.03 bits per heavy atom. The first-order valence-corrected chi connectivity index (χ1v) is 12.7. The lowest BCUT2D eigenvalue weighted by Gasteiger charge is -2.29. The van der Waals surface area contributed by atoms with E-state index in [2.05, 4.69) is 10.2 Å². The number of aryl methyl sites for hydroxylation is 1. The molecule has 1 aliphatic rings. The number of carboxylic acids is 1. The van der Waals surface area contributed by atoms with E-state index in [1.165, 1.54) is 22.9 Å². The van der Waals surface area contributed by atoms with E-state index in [4.69, 9.17) is 4.74 Å². The molecule has 0 bridgehead atoms. The molecule has 0 unspecified atom stereocenters. The minimum absolute atomic E-state index is 0.0393. The third-order valence-electron chi connectivity index (χ3n) is 7.06. The summed E-state index contributed by atoms with van der Waals surface area (Å²) in [5.41, 5.74) is 1.35. The van der Waals surface area contributed by atoms with Crippen molar-refractivity contribution in [3.63, 3.8) is 0 Å². The molecule has 3 aromatic carbocycles. The summed E-state index contributed by atoms with van der Waals surface area (Å²) in [5.74, 6) is -1.47. The highest BCUT2D eigenvalue weighted by Gasteiger charge is 2.21. The van der Waals surface area contributed by atoms with Crippen LogP contribution in [0.1, 0.15) is 11.1 Å². The average Bonchev–Trinajstić information content (AvgIpc) is 2.94. The Morgan fingerprint density at radius 3 is 2.51 bits per heavy atom. The standard InChI is InChI=1S/C29H29FN4O5/c1-32-11-10-27(35)34(29(32)38)26-7-3-5-22-19(4-2-6-23(22)26)16-25(28(36)37)31-18-20-8-9-21(17-24(20)30)33-12-14-39-15-13-33/h2-11,17,25,31H,12-16,18H2,1H3,(H,36,37)/t25-/m0/s1. The van der Waals surface area contributed by atoms with Gasteiger partial charge in [-0.1, -0.05) is 36.4 Å². The first kappa shape index (κ1) is 26.3. The van der Waals surface area contributed by atoms with E-state index >= 15 is 0 Å². The van der Waals surface area contributed by atoms with Crippen LogP contribution in [0.25, 0.3) is 16.5 Å². The van der Waals surface area contributed by atoms with Crippen molar-refractivity contribution < 1.29 is 19.0 Å². The van der Waals surface area contributed by atoms with Gasteiger partial charge in [-0.2, -0.15) is 0 Å². The molecule has 1 aliphatic heterocycles. The zero-order valence-corrected chi connectivity index (χ0v) is 21.5. The van der Waals surface area contributed by atoms with Crippen LogP contribution in [0.4, 0.5) is 10.1 Å². The van der Waals surface area contributed by atoms with Gasteiger partial charge in [0, 0.05) is 55.6 Å². The number of benzene rings is 3. The zero-order chi connectivity index (χ0) is 27.5. The quantitative estimate of drug-likeness (QED) is 0.359. The van der Waals surface area contributed by atoms with Crippen molar-refractivity contribution in [1.29, 1.82) is 0 Å². The molecule has 4 aromatic rings. The number of hydrogen-bond acceptors (Lipinski definition) is 6. The normalized spacial score (nSPS) is 14.5. The summed E-state index contributed by atoms with van der Waals surface area (Å²) in [6.07, 6.45) is 1.53. The number of morpholine rings is 1. The lowest BCUT2D eigenvalue weighted by Crippen LogP contribution is -2.38. The van der Waals surface area contributed by atoms with Crippen LogP contribution in [0.15, 0.2) is 76.4 Å². The van der Waals surface area contributed by atoms with Crippen molar-refractivity contribution in [3.8, 4) is 5.69 Å². The van der Waals surface area contributed by atoms with Gasteiger partial charge in [0.25, 0.3) is 5.56 Å². The molecule has 1 atom stereocenters. The van der Waals surface area contributed by atoms with Crippen LogP contribution in [0.5, 0.6) is 0 Å². The van der Waals surface area contributed by atoms with Gasteiger partial charge < -0.3 is 19.3 Å². The fourth-order valence-corrected chi connectivity index (χ4v) is 4.92. The highest BCUT2D eigenvalue weighted by Crippen LogP contribution is 2.25. The van der Waals surface area contributed by atoms with Crippen LogP contribution in [0.2, 0.25) is 0 Å². The van der Waals surface area contributed by atoms with E-state index in [0.717, 1.165) is 21.2 Å². The highest BCUT2D eigenvalue weighted by atomic mass is 19.1. The molecular weight excluding hydrogens is 503 g/mol. The fraction of sp³-hybridized carbons (Fsp3) is 0.276. The minimum atomic E-state index is -1.07. The number of nitrogens with one attached hydrogen (secondary N) is 1. The van der Waals surface area contributed by atoms with Gasteiger partial charge in [0.05, 0.1) is 18.9 Å². The Morgan fingerprint density at radius 2 is 1.77 bits per heavy atom. The molecular formula is C29H29FN4O5. The highest BCUT2D eigenvalue weighted by molar-refractivity contribution is 5.93. The molecule has 2 heterocycles. The number of aliphatic carboxylic acids is 1. The molecule has 0 radical (unpaired) electrons. The molecule has 2 N–H and O–H groups in total. The number of ether oxygens (including phenoxy) is 1. The molecule has 1 saturated heterocycles. The number of rotatable bonds is 8. The number of aromatic nitrogens is 2. The Kier molecular flexibility index (Phi) is 7.58. The SMILES string of the molecule is Cn1ccc(=O)n(-c2cccc3c(C[C@H](NCc4ccc(N5CCOCC5)cc4F)C(=O)O)cccc23)c1=O. The molecule has 1 fully saturated rings. The van der Waals surface area contributed by atoms with Gasteiger partial charge in [0.2, 0.25) is 0 Å². The molecule has 0 aliphatic carbocycles. The van der Waals surface area contributed by atoms with E-state index in [-0.39, 0.29) is 13.0 Å². The smallest absolute Gasteiger partial charge is 0.335 e. The van der Waals surface area contributed by atoms with Crippen LogP contribution in [-0.2, 0) is 29.5 Å². The first-order valence-electron chi connectivity index (χ1n) is 12.7. The predicted molar refractivity (Wildman–Crippen MR) is 146 cm³/mol. The van der Waals surface area contributed by atoms with E-state index in [1.54, 1.807) is 37.4 Å². The Balaban J connectivity index is 1.39. The maximum atomic E-state index is 14.9. The van der Waals surface area contributed by atoms with Gasteiger partial charge in [0.15, 0.2) is 0 Å². The average molecular weight is 533 g/mol. The van der Waals surface area contributed by atoms with E-state index in [9.17, 15) is 23.9 Å². The summed E-state index contributed by atoms with van der Waals surface area (Å²) >= 11 is 0. The summed E-state index contributed by atoms with van der Waals surface area (Å²) in [6.45, 7) is 2.62. The van der Waals surface area contributed by atoms with Crippen LogP contribution in [-0.4, -0.2) is 52.6 Å². The zero-order valence-electron chi connectivity index (χ0n) is 21.5. The number of hydrogen-bond donors (Lipinski definition) is 2. The lowest BCUT2D eigenvalue weighted by atomic mass is 9.97. The van der Waals surface area contributed by atoms with Crippen molar-refractivity contribution in [1.82, 2.24) is 14.5 Å². The Labute approximate surface area is 223 Å². The van der Waals surface area contributed by atoms with Gasteiger partial charge >= 0.3 is 11.7 Å². The summed E-state index contributed by atoms with van der Waals surface area (Å²) in [6, 6.07) is 15.9. The molecule has 0 spiro atoms. The Bertz CT molecular complexity index is 1640. The van der Waals surface area contributed by atoms with Crippen molar-refractivity contribution in [3.05, 3.63) is 105 Å². The minimum Gasteiger partial charge on any atom is -0.480 e. The molecule has 5 rings (SSSR count).